The topological polar surface area (TPSA) is 107 Å². The lowest BCUT2D eigenvalue weighted by Crippen LogP contribution is -2.02. The molecule has 0 radical (unpaired) electrons. The lowest BCUT2D eigenvalue weighted by Gasteiger charge is -2.07. The molecule has 2 aliphatic carbocycles. The van der Waals surface area contributed by atoms with Crippen molar-refractivity contribution in [2.75, 3.05) is 0 Å². The van der Waals surface area contributed by atoms with Gasteiger partial charge in [0.05, 0.1) is 47.5 Å². The molecule has 0 aromatic carbocycles. The minimum absolute atomic E-state index is 0.000707. The van der Waals surface area contributed by atoms with Crippen LogP contribution in [-0.4, -0.2) is 45.4 Å². The molecule has 192 valence electrons. The van der Waals surface area contributed by atoms with Crippen molar-refractivity contribution in [3.63, 3.8) is 0 Å². The second-order valence-corrected chi connectivity index (χ2v) is 10.9. The van der Waals surface area contributed by atoms with E-state index in [4.69, 9.17) is 16.6 Å². The zero-order valence-corrected chi connectivity index (χ0v) is 21.3. The fourth-order valence-corrected chi connectivity index (χ4v) is 5.50. The monoisotopic (exact) mass is 528 g/mol. The van der Waals surface area contributed by atoms with E-state index in [-0.39, 0.29) is 17.6 Å². The number of carboxylic acid groups (broad SMARTS) is 1. The third-order valence-electron chi connectivity index (χ3n) is 7.66. The Morgan fingerprint density at radius 3 is 2.79 bits per heavy atom. The summed E-state index contributed by atoms with van der Waals surface area (Å²) in [5.41, 5.74) is 6.20. The van der Waals surface area contributed by atoms with E-state index in [0.717, 1.165) is 28.1 Å². The molecule has 7 rings (SSSR count). The minimum atomic E-state index is -0.740. The summed E-state index contributed by atoms with van der Waals surface area (Å²) in [4.78, 5) is 33.7. The number of aryl methyl sites for hydroxylation is 1. The molecule has 10 heteroatoms. The minimum Gasteiger partial charge on any atom is -0.481 e. The average molecular weight is 529 g/mol. The molecule has 5 heterocycles. The van der Waals surface area contributed by atoms with E-state index in [1.54, 1.807) is 29.5 Å². The Morgan fingerprint density at radius 2 is 2.00 bits per heavy atom. The fourth-order valence-electron chi connectivity index (χ4n) is 5.34. The zero-order valence-electron chi connectivity index (χ0n) is 20.5. The van der Waals surface area contributed by atoms with Crippen molar-refractivity contribution in [2.24, 2.45) is 5.92 Å². The number of carboxylic acids is 1. The Bertz CT molecular complexity index is 1730. The molecule has 2 saturated carbocycles. The van der Waals surface area contributed by atoms with E-state index in [1.165, 1.54) is 18.4 Å². The van der Waals surface area contributed by atoms with Crippen LogP contribution in [0.25, 0.3) is 11.2 Å². The van der Waals surface area contributed by atoms with Crippen LogP contribution in [0.2, 0.25) is 5.02 Å². The van der Waals surface area contributed by atoms with E-state index >= 15 is 0 Å². The summed E-state index contributed by atoms with van der Waals surface area (Å²) in [5, 5.41) is 14.5. The first kappa shape index (κ1) is 23.2. The van der Waals surface area contributed by atoms with E-state index in [9.17, 15) is 14.7 Å². The molecule has 9 nitrogen and oxygen atoms in total. The van der Waals surface area contributed by atoms with Gasteiger partial charge in [-0.3, -0.25) is 14.3 Å². The van der Waals surface area contributed by atoms with Gasteiger partial charge >= 0.3 is 5.97 Å². The number of carbonyl (C=O) groups is 2. The summed E-state index contributed by atoms with van der Waals surface area (Å²) in [6.07, 6.45) is 14.9. The summed E-state index contributed by atoms with van der Waals surface area (Å²) >= 11 is 6.12. The number of hydrogen-bond acceptors (Lipinski definition) is 5. The number of imidazole rings is 2. The third-order valence-corrected chi connectivity index (χ3v) is 7.89. The van der Waals surface area contributed by atoms with Gasteiger partial charge in [-0.25, -0.2) is 9.97 Å². The lowest BCUT2D eigenvalue weighted by molar-refractivity contribution is -0.138. The highest BCUT2D eigenvalue weighted by Gasteiger charge is 2.46. The van der Waals surface area contributed by atoms with Crippen LogP contribution in [0.5, 0.6) is 0 Å². The number of aliphatic carboxylic acids is 1. The molecule has 2 unspecified atom stereocenters. The molecule has 0 amide bonds. The van der Waals surface area contributed by atoms with Crippen LogP contribution < -0.4 is 0 Å². The number of halogens is 1. The summed E-state index contributed by atoms with van der Waals surface area (Å²) in [6, 6.07) is 5.82. The van der Waals surface area contributed by atoms with Gasteiger partial charge in [-0.2, -0.15) is 5.10 Å². The molecule has 5 aromatic rings. The number of hydrogen-bond donors (Lipinski definition) is 1. The number of carbonyl (C=O) groups excluding carboxylic acids is 1. The maximum absolute atomic E-state index is 12.9. The Kier molecular flexibility index (Phi) is 5.36. The van der Waals surface area contributed by atoms with Crippen LogP contribution in [0.1, 0.15) is 70.4 Å². The summed E-state index contributed by atoms with van der Waals surface area (Å²) < 4.78 is 5.65. The number of ketones is 1. The smallest absolute Gasteiger partial charge is 0.307 e. The van der Waals surface area contributed by atoms with Crippen molar-refractivity contribution < 1.29 is 14.7 Å². The standard InChI is InChI=1S/C28H25ClN6O3/c29-19-5-6-33-15-30-24(25(33)8-19)3-4-26(36)18-10-31-35(12-18)14-20-13-34-11-17(16-1-2-16)7-22(27(34)32-20)21-9-23(21)28(37)38/h5-8,10-13,15-16,21,23H,1-4,9,14H2,(H,37,38). The summed E-state index contributed by atoms with van der Waals surface area (Å²) in [6.45, 7) is 0.421. The summed E-state index contributed by atoms with van der Waals surface area (Å²) in [7, 11) is 0. The predicted molar refractivity (Wildman–Crippen MR) is 140 cm³/mol. The Balaban J connectivity index is 1.08. The molecule has 0 bridgehead atoms. The normalized spacial score (nSPS) is 18.9. The Morgan fingerprint density at radius 1 is 1.13 bits per heavy atom. The lowest BCUT2D eigenvalue weighted by atomic mass is 10.1. The van der Waals surface area contributed by atoms with Crippen molar-refractivity contribution >= 4 is 34.5 Å². The fraction of sp³-hybridized carbons (Fsp3) is 0.321. The summed E-state index contributed by atoms with van der Waals surface area (Å²) in [5.74, 6) is -0.496. The van der Waals surface area contributed by atoms with E-state index in [2.05, 4.69) is 22.3 Å². The number of aromatic nitrogens is 6. The van der Waals surface area contributed by atoms with Crippen molar-refractivity contribution in [1.29, 1.82) is 0 Å². The number of pyridine rings is 2. The zero-order chi connectivity index (χ0) is 26.0. The van der Waals surface area contributed by atoms with Gasteiger partial charge < -0.3 is 13.9 Å². The molecule has 0 saturated heterocycles. The second-order valence-electron chi connectivity index (χ2n) is 10.4. The van der Waals surface area contributed by atoms with Crippen LogP contribution in [0.15, 0.2) is 55.5 Å². The number of nitrogens with zero attached hydrogens (tertiary/aromatic N) is 6. The van der Waals surface area contributed by atoms with Gasteiger partial charge in [-0.15, -0.1) is 0 Å². The first-order chi connectivity index (χ1) is 18.4. The number of rotatable bonds is 9. The van der Waals surface area contributed by atoms with Crippen molar-refractivity contribution in [1.82, 2.24) is 28.5 Å². The van der Waals surface area contributed by atoms with Gasteiger partial charge in [0, 0.05) is 42.1 Å². The Labute approximate surface area is 222 Å². The van der Waals surface area contributed by atoms with Crippen LogP contribution in [0, 0.1) is 5.92 Å². The van der Waals surface area contributed by atoms with Gasteiger partial charge in [0.2, 0.25) is 0 Å². The van der Waals surface area contributed by atoms with Crippen LogP contribution in [0.3, 0.4) is 0 Å². The highest BCUT2D eigenvalue weighted by atomic mass is 35.5. The molecule has 0 spiro atoms. The molecular weight excluding hydrogens is 504 g/mol. The van der Waals surface area contributed by atoms with E-state index in [1.807, 2.05) is 27.3 Å². The van der Waals surface area contributed by atoms with Crippen molar-refractivity contribution in [3.8, 4) is 0 Å². The van der Waals surface area contributed by atoms with Crippen molar-refractivity contribution in [2.45, 2.75) is 50.5 Å². The van der Waals surface area contributed by atoms with Crippen LogP contribution >= 0.6 is 11.6 Å². The molecule has 1 N–H and O–H groups in total. The molecule has 5 aromatic heterocycles. The molecular formula is C28H25ClN6O3. The van der Waals surface area contributed by atoms with E-state index < -0.39 is 5.97 Å². The second kappa shape index (κ2) is 8.80. The van der Waals surface area contributed by atoms with Crippen LogP contribution in [-0.2, 0) is 17.8 Å². The molecule has 2 aliphatic rings. The molecule has 2 atom stereocenters. The number of Topliss-reactive ketones (excluding diaryl/α,β-unsaturated/α-hetero) is 1. The highest BCUT2D eigenvalue weighted by molar-refractivity contribution is 6.30. The maximum Gasteiger partial charge on any atom is 0.307 e. The first-order valence-corrected chi connectivity index (χ1v) is 13.2. The first-order valence-electron chi connectivity index (χ1n) is 12.8. The van der Waals surface area contributed by atoms with Gasteiger partial charge in [0.1, 0.15) is 5.65 Å². The maximum atomic E-state index is 12.9. The number of fused-ring (bicyclic) bond motifs is 2. The van der Waals surface area contributed by atoms with Crippen molar-refractivity contribution in [3.05, 3.63) is 88.6 Å². The molecule has 38 heavy (non-hydrogen) atoms. The van der Waals surface area contributed by atoms with Gasteiger partial charge in [-0.05, 0) is 54.9 Å². The van der Waals surface area contributed by atoms with Crippen LogP contribution in [0.4, 0.5) is 0 Å². The largest absolute Gasteiger partial charge is 0.481 e. The highest BCUT2D eigenvalue weighted by Crippen LogP contribution is 2.50. The quantitative estimate of drug-likeness (QED) is 0.276. The predicted octanol–water partition coefficient (Wildman–Crippen LogP) is 4.76. The third kappa shape index (κ3) is 4.26. The Hall–Kier alpha value is -3.98. The van der Waals surface area contributed by atoms with Gasteiger partial charge in [0.25, 0.3) is 0 Å². The van der Waals surface area contributed by atoms with E-state index in [0.29, 0.717) is 42.3 Å². The van der Waals surface area contributed by atoms with Gasteiger partial charge in [-0.1, -0.05) is 17.7 Å². The molecule has 0 aliphatic heterocycles. The average Bonchev–Trinajstić information content (AvgIpc) is 3.78. The molecule has 2 fully saturated rings. The SMILES string of the molecule is O=C(CCc1ncn2ccc(Cl)cc12)c1cnn(Cc2cn3cc(C4CC4)cc(C4CC4C(=O)O)c3n2)c1. The van der Waals surface area contributed by atoms with Gasteiger partial charge in [0.15, 0.2) is 5.78 Å².